The number of nitrogens with two attached hydrogens (primary N) is 1. The molecule has 0 atom stereocenters. The van der Waals surface area contributed by atoms with Crippen LogP contribution in [0.25, 0.3) is 32.8 Å². The van der Waals surface area contributed by atoms with Gasteiger partial charge in [-0.3, -0.25) is 35.9 Å². The van der Waals surface area contributed by atoms with Crippen molar-refractivity contribution in [3.05, 3.63) is 143 Å². The Kier molecular flexibility index (Phi) is 28.7. The second-order valence-electron chi connectivity index (χ2n) is 15.6. The van der Waals surface area contributed by atoms with Crippen LogP contribution in [0.2, 0.25) is 0 Å². The van der Waals surface area contributed by atoms with Crippen molar-refractivity contribution < 1.29 is 56.9 Å². The lowest BCUT2D eigenvalue weighted by Gasteiger charge is -2.12. The van der Waals surface area contributed by atoms with E-state index in [2.05, 4.69) is 54.3 Å². The van der Waals surface area contributed by atoms with Gasteiger partial charge in [0, 0.05) is 88.9 Å². The Morgan fingerprint density at radius 3 is 1.64 bits per heavy atom. The standard InChI is InChI=1S/C14H14Cl3N3O3.C11H13N3O.C11H11N2O.C8H9NO2.C5H9N.H2I/c1-8(2)10-11(9-4-3-5-18-6-9)20-23-12(10)19-13(21)22-7-14(15,16)17;1-7(2)9-10(14-15-11(9)12)8-4-3-5-13-6-8;1-8(2)10(6-12)11(14)9-4-3-5-13-7-9;1-2-11-8(10)7-4-3-5-9-6-7;1-5(2)4-6-3;/h3-6,8H,7H2,1-2H3,(H,19,21);3-7H,12H2,1-2H3;3-5,7-8H,1-2H3;3-6H,2H2,1H3;5H,4H2,1-2H3;1H2/q;;-1;;;+1. The lowest BCUT2D eigenvalue weighted by Crippen LogP contribution is -3.00. The number of pyridine rings is 4. The van der Waals surface area contributed by atoms with Crippen LogP contribution in [0, 0.1) is 18.4 Å². The second-order valence-corrected chi connectivity index (χ2v) is 18.2. The van der Waals surface area contributed by atoms with Gasteiger partial charge in [0.1, 0.15) is 18.0 Å². The summed E-state index contributed by atoms with van der Waals surface area (Å²) in [5.41, 5.74) is 11.7. The number of hydrogen-bond donors (Lipinski definition) is 2. The van der Waals surface area contributed by atoms with E-state index in [1.807, 2.05) is 65.6 Å². The Balaban J connectivity index is 0.000000461. The fraction of sp³-hybridized carbons (Fsp3) is 0.347. The van der Waals surface area contributed by atoms with Crippen LogP contribution in [0.15, 0.2) is 113 Å². The molecule has 1 amide bonds. The van der Waals surface area contributed by atoms with Crippen LogP contribution in [0.3, 0.4) is 0 Å². The molecular formula is C49H58Cl3IN10O7. The molecule has 0 bridgehead atoms. The van der Waals surface area contributed by atoms with Gasteiger partial charge in [0.2, 0.25) is 46.1 Å². The number of carbonyl (C=O) groups is 3. The average Bonchev–Trinajstić information content (AvgIpc) is 3.94. The molecule has 0 saturated heterocycles. The predicted octanol–water partition coefficient (Wildman–Crippen LogP) is 8.60. The van der Waals surface area contributed by atoms with E-state index in [0.29, 0.717) is 41.8 Å². The topological polar surface area (TPSA) is 238 Å². The number of nitrogens with zero attached hydrogens (tertiary/aromatic N) is 8. The molecule has 6 heterocycles. The van der Waals surface area contributed by atoms with E-state index < -0.39 is 9.89 Å². The summed E-state index contributed by atoms with van der Waals surface area (Å²) >= 11 is 16.6. The van der Waals surface area contributed by atoms with E-state index in [1.54, 1.807) is 74.4 Å². The minimum Gasteiger partial charge on any atom is -0.763 e. The van der Waals surface area contributed by atoms with E-state index in [0.717, 1.165) is 27.9 Å². The molecule has 6 aromatic heterocycles. The maximum absolute atomic E-state index is 11.8. The average molecular weight is 1130 g/mol. The van der Waals surface area contributed by atoms with Crippen LogP contribution in [0.5, 0.6) is 0 Å². The van der Waals surface area contributed by atoms with Crippen LogP contribution in [0.4, 0.5) is 16.6 Å². The van der Waals surface area contributed by atoms with Gasteiger partial charge >= 0.3 is 12.1 Å². The second kappa shape index (κ2) is 32.6. The summed E-state index contributed by atoms with van der Waals surface area (Å²) in [5, 5.41) is 19.2. The molecule has 6 aromatic rings. The molecule has 70 heavy (non-hydrogen) atoms. The molecule has 0 saturated carbocycles. The van der Waals surface area contributed by atoms with Gasteiger partial charge in [0.15, 0.2) is 5.78 Å². The molecule has 21 heteroatoms. The SMILES string of the molecule is CC(C)C(=C=[N-])C(=O)c1cccnc1.CC(C)c1c(-c2cccnc2)noc1N.CC(C)c1c(-c2cccnc2)noc1NC(=O)OCC(Cl)(Cl)Cl.CCOC(=O)c1cccnc1.[C-]#[N+]CC(C)C.[IH2+]. The summed E-state index contributed by atoms with van der Waals surface area (Å²) in [7, 11) is 0. The van der Waals surface area contributed by atoms with Crippen LogP contribution < -0.4 is 35.0 Å². The van der Waals surface area contributed by atoms with Crippen molar-refractivity contribution in [3.63, 3.8) is 0 Å². The number of ketones is 1. The van der Waals surface area contributed by atoms with Crippen LogP contribution in [-0.2, 0) is 9.47 Å². The Hall–Kier alpha value is -6.23. The Morgan fingerprint density at radius 1 is 0.771 bits per heavy atom. The van der Waals surface area contributed by atoms with Gasteiger partial charge in [-0.05, 0) is 73.2 Å². The summed E-state index contributed by atoms with van der Waals surface area (Å²) < 4.78 is 18.1. The molecule has 374 valence electrons. The molecule has 0 unspecified atom stereocenters. The normalized spacial score (nSPS) is 10.2. The first-order chi connectivity index (χ1) is 32.8. The van der Waals surface area contributed by atoms with Crippen LogP contribution in [-0.4, -0.2) is 77.5 Å². The molecule has 17 nitrogen and oxygen atoms in total. The number of Topliss-reactive ketones (excluding diaryl/α,β-unsaturated/α-hetero) is 1. The minimum atomic E-state index is -1.68. The highest BCUT2D eigenvalue weighted by Crippen LogP contribution is 2.35. The van der Waals surface area contributed by atoms with Gasteiger partial charge in [0.25, 0.3) is 0 Å². The number of nitrogen functional groups attached to an aromatic ring is 1. The van der Waals surface area contributed by atoms with E-state index in [-0.39, 0.29) is 71.5 Å². The van der Waals surface area contributed by atoms with Crippen molar-refractivity contribution in [2.45, 2.75) is 77.9 Å². The highest BCUT2D eigenvalue weighted by molar-refractivity contribution is 6.67. The number of halogens is 4. The monoisotopic (exact) mass is 1130 g/mol. The molecule has 0 fully saturated rings. The molecule has 0 aliphatic rings. The lowest BCUT2D eigenvalue weighted by atomic mass is 9.97. The molecule has 0 aliphatic heterocycles. The van der Waals surface area contributed by atoms with Crippen LogP contribution in [0.1, 0.15) is 106 Å². The first-order valence-corrected chi connectivity index (χ1v) is 22.6. The highest BCUT2D eigenvalue weighted by Gasteiger charge is 2.26. The third kappa shape index (κ3) is 22.0. The summed E-state index contributed by atoms with van der Waals surface area (Å²) in [5.74, 6) is 2.80. The first kappa shape index (κ1) is 61.8. The molecule has 0 radical (unpaired) electrons. The van der Waals surface area contributed by atoms with E-state index >= 15 is 0 Å². The summed E-state index contributed by atoms with van der Waals surface area (Å²) in [6.07, 6.45) is 12.2. The number of carbonyl (C=O) groups excluding carboxylic acids is 3. The number of alkyl halides is 3. The quantitative estimate of drug-likeness (QED) is 0.0222. The van der Waals surface area contributed by atoms with E-state index in [4.69, 9.17) is 71.0 Å². The van der Waals surface area contributed by atoms with Crippen molar-refractivity contribution in [3.8, 4) is 22.5 Å². The lowest BCUT2D eigenvalue weighted by molar-refractivity contribution is -0.0000453. The number of rotatable bonds is 12. The number of anilines is 2. The van der Waals surface area contributed by atoms with Gasteiger partial charge in [-0.2, -0.15) is 0 Å². The zero-order valence-electron chi connectivity index (χ0n) is 40.3. The number of allylic oxidation sites excluding steroid dienone is 1. The highest BCUT2D eigenvalue weighted by atomic mass is 127. The van der Waals surface area contributed by atoms with Gasteiger partial charge in [-0.15, -0.1) is 0 Å². The van der Waals surface area contributed by atoms with Gasteiger partial charge in [-0.25, -0.2) is 16.2 Å². The van der Waals surface area contributed by atoms with Gasteiger partial charge in [-0.1, -0.05) is 101 Å². The summed E-state index contributed by atoms with van der Waals surface area (Å²) in [6, 6.07) is 14.2. The third-order valence-electron chi connectivity index (χ3n) is 8.59. The van der Waals surface area contributed by atoms with Crippen molar-refractivity contribution in [1.82, 2.24) is 30.2 Å². The maximum Gasteiger partial charge on any atom is 0.414 e. The molecule has 3 N–H and O–H groups in total. The van der Waals surface area contributed by atoms with Crippen molar-refractivity contribution >= 4 is 70.3 Å². The predicted molar refractivity (Wildman–Crippen MR) is 272 cm³/mol. The smallest absolute Gasteiger partial charge is 0.414 e. The van der Waals surface area contributed by atoms with E-state index in [1.165, 1.54) is 12.4 Å². The number of ether oxygens (including phenoxy) is 2. The summed E-state index contributed by atoms with van der Waals surface area (Å²) in [6.45, 7) is 24.6. The van der Waals surface area contributed by atoms with Crippen molar-refractivity contribution in [1.29, 1.82) is 0 Å². The number of aromatic nitrogens is 6. The molecule has 6 rings (SSSR count). The minimum absolute atomic E-state index is 0. The largest absolute Gasteiger partial charge is 0.763 e. The third-order valence-corrected chi connectivity index (χ3v) is 8.91. The number of amides is 1. The summed E-state index contributed by atoms with van der Waals surface area (Å²) in [4.78, 5) is 53.4. The number of hydrogen-bond acceptors (Lipinski definition) is 14. The first-order valence-electron chi connectivity index (χ1n) is 21.4. The fourth-order valence-corrected chi connectivity index (χ4v) is 5.63. The Bertz CT molecular complexity index is 2570. The molecule has 0 spiro atoms. The van der Waals surface area contributed by atoms with Crippen molar-refractivity contribution in [2.24, 2.45) is 11.8 Å². The van der Waals surface area contributed by atoms with Gasteiger partial charge < -0.3 is 34.5 Å². The number of esters is 1. The molecule has 0 aromatic carbocycles. The molecular weight excluding hydrogens is 1070 g/mol. The molecule has 0 aliphatic carbocycles. The Labute approximate surface area is 440 Å². The Morgan fingerprint density at radius 2 is 1.26 bits per heavy atom. The fourth-order valence-electron chi connectivity index (χ4n) is 5.46. The maximum atomic E-state index is 11.8. The van der Waals surface area contributed by atoms with Gasteiger partial charge in [0.05, 0.1) is 12.2 Å². The van der Waals surface area contributed by atoms with Crippen molar-refractivity contribution in [2.75, 3.05) is 30.8 Å². The van der Waals surface area contributed by atoms with Crippen LogP contribution >= 0.6 is 34.8 Å². The zero-order chi connectivity index (χ0) is 51.5. The number of nitrogens with one attached hydrogen (secondary N) is 1. The van der Waals surface area contributed by atoms with E-state index in [9.17, 15) is 14.4 Å². The zero-order valence-corrected chi connectivity index (χ0v) is 45.1.